The van der Waals surface area contributed by atoms with Crippen LogP contribution >= 0.6 is 15.9 Å². The van der Waals surface area contributed by atoms with Gasteiger partial charge in [0.1, 0.15) is 12.0 Å². The van der Waals surface area contributed by atoms with Crippen LogP contribution in [0.25, 0.3) is 22.7 Å². The van der Waals surface area contributed by atoms with Crippen molar-refractivity contribution in [2.24, 2.45) is 0 Å². The lowest BCUT2D eigenvalue weighted by Crippen LogP contribution is -1.95. The number of carbonyl (C=O) groups is 1. The van der Waals surface area contributed by atoms with Crippen LogP contribution in [0.5, 0.6) is 0 Å². The molecule has 0 radical (unpaired) electrons. The van der Waals surface area contributed by atoms with E-state index < -0.39 is 5.97 Å². The lowest BCUT2D eigenvalue weighted by Gasteiger charge is -1.98. The Morgan fingerprint density at radius 3 is 2.57 bits per heavy atom. The molecular formula is C16H10BrNO3. The predicted molar refractivity (Wildman–Crippen MR) is 82.0 cm³/mol. The zero-order valence-corrected chi connectivity index (χ0v) is 12.4. The van der Waals surface area contributed by atoms with Gasteiger partial charge in [0, 0.05) is 15.6 Å². The Morgan fingerprint density at radius 2 is 1.86 bits per heavy atom. The van der Waals surface area contributed by atoms with Gasteiger partial charge in [-0.3, -0.25) is 0 Å². The van der Waals surface area contributed by atoms with Crippen LogP contribution in [-0.4, -0.2) is 16.1 Å². The van der Waals surface area contributed by atoms with Crippen LogP contribution in [0.2, 0.25) is 0 Å². The Labute approximate surface area is 129 Å². The minimum absolute atomic E-state index is 0.205. The molecule has 0 amide bonds. The van der Waals surface area contributed by atoms with Crippen molar-refractivity contribution in [2.75, 3.05) is 0 Å². The van der Waals surface area contributed by atoms with E-state index >= 15 is 0 Å². The summed E-state index contributed by atoms with van der Waals surface area (Å²) in [5.41, 5.74) is 2.48. The average Bonchev–Trinajstić information content (AvgIpc) is 2.98. The molecule has 1 heterocycles. The van der Waals surface area contributed by atoms with E-state index in [0.29, 0.717) is 17.1 Å². The largest absolute Gasteiger partial charge is 0.478 e. The van der Waals surface area contributed by atoms with Crippen molar-refractivity contribution in [2.45, 2.75) is 0 Å². The molecule has 4 nitrogen and oxygen atoms in total. The second-order valence-electron chi connectivity index (χ2n) is 4.43. The van der Waals surface area contributed by atoms with E-state index in [1.165, 1.54) is 6.07 Å². The minimum atomic E-state index is -0.975. The fraction of sp³-hybridized carbons (Fsp3) is 0. The summed E-state index contributed by atoms with van der Waals surface area (Å²) in [6.07, 6.45) is 1.56. The molecule has 0 bridgehead atoms. The van der Waals surface area contributed by atoms with E-state index in [1.807, 2.05) is 24.3 Å². The number of aromatic carboxylic acids is 1. The van der Waals surface area contributed by atoms with Gasteiger partial charge in [0.25, 0.3) is 0 Å². The summed E-state index contributed by atoms with van der Waals surface area (Å²) in [5, 5.41) is 9.01. The molecule has 21 heavy (non-hydrogen) atoms. The van der Waals surface area contributed by atoms with E-state index in [0.717, 1.165) is 10.0 Å². The molecule has 3 rings (SSSR count). The third-order valence-corrected chi connectivity index (χ3v) is 3.53. The predicted octanol–water partition coefficient (Wildman–Crippen LogP) is 4.47. The Balaban J connectivity index is 1.96. The topological polar surface area (TPSA) is 63.3 Å². The highest BCUT2D eigenvalue weighted by atomic mass is 79.9. The van der Waals surface area contributed by atoms with Gasteiger partial charge in [0.05, 0.1) is 5.56 Å². The van der Waals surface area contributed by atoms with Gasteiger partial charge < -0.3 is 9.52 Å². The molecule has 1 N–H and O–H groups in total. The highest BCUT2D eigenvalue weighted by molar-refractivity contribution is 9.10. The molecule has 0 atom stereocenters. The quantitative estimate of drug-likeness (QED) is 0.761. The maximum absolute atomic E-state index is 11.0. The van der Waals surface area contributed by atoms with Crippen molar-refractivity contribution in [1.29, 1.82) is 0 Å². The van der Waals surface area contributed by atoms with Gasteiger partial charge in [0.15, 0.2) is 0 Å². The zero-order valence-electron chi connectivity index (χ0n) is 10.8. The highest BCUT2D eigenvalue weighted by Crippen LogP contribution is 2.26. The molecule has 0 fully saturated rings. The molecule has 0 unspecified atom stereocenters. The SMILES string of the molecule is O=C(O)c1cccc(-c2nc(-c3ccc(Br)cc3)co2)c1. The molecule has 0 aliphatic rings. The number of nitrogens with zero attached hydrogens (tertiary/aromatic N) is 1. The van der Waals surface area contributed by atoms with Crippen molar-refractivity contribution < 1.29 is 14.3 Å². The van der Waals surface area contributed by atoms with E-state index in [-0.39, 0.29) is 5.56 Å². The molecule has 5 heteroatoms. The Bertz CT molecular complexity index is 793. The number of hydrogen-bond donors (Lipinski definition) is 1. The van der Waals surface area contributed by atoms with Crippen LogP contribution in [0, 0.1) is 0 Å². The van der Waals surface area contributed by atoms with E-state index in [2.05, 4.69) is 20.9 Å². The second-order valence-corrected chi connectivity index (χ2v) is 5.35. The number of halogens is 1. The number of rotatable bonds is 3. The van der Waals surface area contributed by atoms with E-state index in [1.54, 1.807) is 24.5 Å². The molecule has 0 saturated heterocycles. The maximum Gasteiger partial charge on any atom is 0.335 e. The van der Waals surface area contributed by atoms with Crippen molar-refractivity contribution >= 4 is 21.9 Å². The van der Waals surface area contributed by atoms with Crippen LogP contribution in [0.3, 0.4) is 0 Å². The minimum Gasteiger partial charge on any atom is -0.478 e. The van der Waals surface area contributed by atoms with Crippen molar-refractivity contribution in [1.82, 2.24) is 4.98 Å². The first-order chi connectivity index (χ1) is 10.1. The van der Waals surface area contributed by atoms with Crippen LogP contribution in [-0.2, 0) is 0 Å². The van der Waals surface area contributed by atoms with Gasteiger partial charge >= 0.3 is 5.97 Å². The summed E-state index contributed by atoms with van der Waals surface area (Å²) in [5.74, 6) is -0.576. The number of hydrogen-bond acceptors (Lipinski definition) is 3. The van der Waals surface area contributed by atoms with Crippen LogP contribution in [0.1, 0.15) is 10.4 Å². The lowest BCUT2D eigenvalue weighted by molar-refractivity contribution is 0.0697. The van der Waals surface area contributed by atoms with E-state index in [9.17, 15) is 4.79 Å². The number of carboxylic acids is 1. The first-order valence-electron chi connectivity index (χ1n) is 6.19. The van der Waals surface area contributed by atoms with Gasteiger partial charge in [-0.15, -0.1) is 0 Å². The number of carboxylic acid groups (broad SMARTS) is 1. The molecule has 0 spiro atoms. The van der Waals surface area contributed by atoms with Gasteiger partial charge in [-0.05, 0) is 30.3 Å². The second kappa shape index (κ2) is 5.54. The standard InChI is InChI=1S/C16H10BrNO3/c17-13-6-4-10(5-7-13)14-9-21-15(18-14)11-2-1-3-12(8-11)16(19)20/h1-9H,(H,19,20). The molecule has 0 aliphatic carbocycles. The van der Waals surface area contributed by atoms with Crippen LogP contribution < -0.4 is 0 Å². The van der Waals surface area contributed by atoms with Crippen molar-refractivity contribution in [3.63, 3.8) is 0 Å². The van der Waals surface area contributed by atoms with Crippen LogP contribution in [0.15, 0.2) is 63.7 Å². The molecule has 1 aromatic heterocycles. The molecule has 104 valence electrons. The zero-order chi connectivity index (χ0) is 14.8. The molecule has 0 saturated carbocycles. The maximum atomic E-state index is 11.0. The lowest BCUT2D eigenvalue weighted by atomic mass is 10.1. The Kier molecular flexibility index (Phi) is 3.58. The normalized spacial score (nSPS) is 10.5. The smallest absolute Gasteiger partial charge is 0.335 e. The molecule has 0 aliphatic heterocycles. The first-order valence-corrected chi connectivity index (χ1v) is 6.98. The summed E-state index contributed by atoms with van der Waals surface area (Å²) in [4.78, 5) is 15.4. The van der Waals surface area contributed by atoms with Crippen LogP contribution in [0.4, 0.5) is 0 Å². The van der Waals surface area contributed by atoms with Gasteiger partial charge in [-0.2, -0.15) is 0 Å². The number of benzene rings is 2. The summed E-state index contributed by atoms with van der Waals surface area (Å²) in [7, 11) is 0. The Hall–Kier alpha value is -2.40. The number of oxazole rings is 1. The molecule has 3 aromatic rings. The summed E-state index contributed by atoms with van der Waals surface area (Å²) < 4.78 is 6.44. The summed E-state index contributed by atoms with van der Waals surface area (Å²) >= 11 is 3.38. The molecule has 2 aromatic carbocycles. The monoisotopic (exact) mass is 343 g/mol. The average molecular weight is 344 g/mol. The van der Waals surface area contributed by atoms with Gasteiger partial charge in [-0.1, -0.05) is 34.1 Å². The summed E-state index contributed by atoms with van der Waals surface area (Å²) in [6, 6.07) is 14.2. The fourth-order valence-electron chi connectivity index (χ4n) is 1.94. The third-order valence-electron chi connectivity index (χ3n) is 3.00. The Morgan fingerprint density at radius 1 is 1.10 bits per heavy atom. The van der Waals surface area contributed by atoms with E-state index in [4.69, 9.17) is 9.52 Å². The fourth-order valence-corrected chi connectivity index (χ4v) is 2.21. The number of aromatic nitrogens is 1. The molecular weight excluding hydrogens is 334 g/mol. The van der Waals surface area contributed by atoms with Crippen molar-refractivity contribution in [3.8, 4) is 22.7 Å². The third kappa shape index (κ3) is 2.87. The highest BCUT2D eigenvalue weighted by Gasteiger charge is 2.10. The van der Waals surface area contributed by atoms with Gasteiger partial charge in [-0.25, -0.2) is 9.78 Å². The van der Waals surface area contributed by atoms with Crippen molar-refractivity contribution in [3.05, 3.63) is 64.8 Å². The van der Waals surface area contributed by atoms with Gasteiger partial charge in [0.2, 0.25) is 5.89 Å². The summed E-state index contributed by atoms with van der Waals surface area (Å²) in [6.45, 7) is 0. The first kappa shape index (κ1) is 13.6.